The Labute approximate surface area is 151 Å². The molecule has 21 heavy (non-hydrogen) atoms. The zero-order valence-corrected chi connectivity index (χ0v) is 16.2. The van der Waals surface area contributed by atoms with E-state index in [9.17, 15) is 13.2 Å². The van der Waals surface area contributed by atoms with E-state index in [1.54, 1.807) is 6.07 Å². The number of carbonyl (C=O) groups is 1. The van der Waals surface area contributed by atoms with E-state index in [0.29, 0.717) is 8.95 Å². The highest BCUT2D eigenvalue weighted by Crippen LogP contribution is 2.34. The normalized spacial score (nSPS) is 11.4. The van der Waals surface area contributed by atoms with E-state index in [4.69, 9.17) is 23.2 Å². The van der Waals surface area contributed by atoms with Gasteiger partial charge in [0.15, 0.2) is 0 Å². The number of amides is 1. The molecule has 0 bridgehead atoms. The van der Waals surface area contributed by atoms with Gasteiger partial charge in [-0.15, -0.1) is 11.3 Å². The molecule has 0 spiro atoms. The largest absolute Gasteiger partial charge is 0.273 e. The van der Waals surface area contributed by atoms with Crippen LogP contribution in [0.25, 0.3) is 0 Å². The van der Waals surface area contributed by atoms with E-state index >= 15 is 0 Å². The molecule has 1 aromatic carbocycles. The van der Waals surface area contributed by atoms with Gasteiger partial charge in [0.1, 0.15) is 8.55 Å². The minimum atomic E-state index is -4.00. The summed E-state index contributed by atoms with van der Waals surface area (Å²) in [7, 11) is -4.00. The van der Waals surface area contributed by atoms with Gasteiger partial charge in [0, 0.05) is 8.95 Å². The molecule has 1 amide bonds. The van der Waals surface area contributed by atoms with Crippen molar-refractivity contribution in [2.24, 2.45) is 0 Å². The monoisotopic (exact) mass is 491 g/mol. The molecule has 0 saturated carbocycles. The summed E-state index contributed by atoms with van der Waals surface area (Å²) in [5.41, 5.74) is 0.0603. The second-order valence-corrected chi connectivity index (χ2v) is 9.49. The first-order valence-corrected chi connectivity index (χ1v) is 9.82. The van der Waals surface area contributed by atoms with Crippen LogP contribution in [0.1, 0.15) is 10.4 Å². The van der Waals surface area contributed by atoms with Gasteiger partial charge in [-0.3, -0.25) is 4.79 Å². The summed E-state index contributed by atoms with van der Waals surface area (Å²) in [4.78, 5) is 12.0. The molecule has 0 unspecified atom stereocenters. The first-order valence-electron chi connectivity index (χ1n) is 5.18. The Morgan fingerprint density at radius 2 is 1.86 bits per heavy atom. The van der Waals surface area contributed by atoms with Crippen LogP contribution in [0.15, 0.2) is 37.4 Å². The number of carbonyl (C=O) groups excluding carboxylic acids is 1. The zero-order chi connectivity index (χ0) is 15.8. The predicted molar refractivity (Wildman–Crippen MR) is 90.8 cm³/mol. The Morgan fingerprint density at radius 1 is 1.19 bits per heavy atom. The standard InChI is InChI=1S/C11H5Br2Cl2NO3S2/c12-5-1-2-6(8(14)3-5)11(17)16-21(18,19)9-4-7(13)10(15)20-9/h1-4H,(H,16,17). The molecule has 0 aliphatic rings. The molecule has 0 fully saturated rings. The van der Waals surface area contributed by atoms with Crippen LogP contribution < -0.4 is 4.72 Å². The quantitative estimate of drug-likeness (QED) is 0.674. The minimum absolute atomic E-state index is 0.0603. The SMILES string of the molecule is O=C(NS(=O)(=O)c1cc(Br)c(Cl)s1)c1ccc(Br)cc1Cl. The van der Waals surface area contributed by atoms with Crippen LogP contribution in [0.3, 0.4) is 0 Å². The van der Waals surface area contributed by atoms with E-state index in [1.807, 2.05) is 4.72 Å². The zero-order valence-electron chi connectivity index (χ0n) is 9.86. The molecule has 1 N–H and O–H groups in total. The Hall–Kier alpha value is -0.120. The first-order chi connectivity index (χ1) is 9.70. The Bertz CT molecular complexity index is 801. The fraction of sp³-hybridized carbons (Fsp3) is 0. The Kier molecular flexibility index (Phi) is 5.38. The highest BCUT2D eigenvalue weighted by Gasteiger charge is 2.23. The van der Waals surface area contributed by atoms with Crippen LogP contribution in [0.4, 0.5) is 0 Å². The topological polar surface area (TPSA) is 63.2 Å². The first kappa shape index (κ1) is 17.2. The summed E-state index contributed by atoms with van der Waals surface area (Å²) in [5, 5.41) is 0.141. The maximum absolute atomic E-state index is 12.1. The van der Waals surface area contributed by atoms with Gasteiger partial charge in [-0.1, -0.05) is 39.1 Å². The third kappa shape index (κ3) is 4.00. The van der Waals surface area contributed by atoms with Crippen molar-refractivity contribution in [1.29, 1.82) is 0 Å². The summed E-state index contributed by atoms with van der Waals surface area (Å²) in [6.07, 6.45) is 0. The van der Waals surface area contributed by atoms with Crippen LogP contribution in [-0.4, -0.2) is 14.3 Å². The molecule has 4 nitrogen and oxygen atoms in total. The maximum Gasteiger partial charge on any atom is 0.273 e. The van der Waals surface area contributed by atoms with Crippen LogP contribution >= 0.6 is 66.4 Å². The molecule has 0 aliphatic carbocycles. The second-order valence-electron chi connectivity index (χ2n) is 3.75. The number of rotatable bonds is 3. The minimum Gasteiger partial charge on any atom is -0.268 e. The molecule has 0 aliphatic heterocycles. The van der Waals surface area contributed by atoms with Crippen LogP contribution in [-0.2, 0) is 10.0 Å². The third-order valence-corrected chi connectivity index (χ3v) is 7.38. The van der Waals surface area contributed by atoms with Crippen molar-refractivity contribution in [3.63, 3.8) is 0 Å². The van der Waals surface area contributed by atoms with Crippen molar-refractivity contribution in [3.8, 4) is 0 Å². The van der Waals surface area contributed by atoms with Gasteiger partial charge < -0.3 is 0 Å². The third-order valence-electron chi connectivity index (χ3n) is 2.29. The fourth-order valence-corrected chi connectivity index (χ4v) is 5.39. The summed E-state index contributed by atoms with van der Waals surface area (Å²) in [5.74, 6) is -0.812. The van der Waals surface area contributed by atoms with Crippen LogP contribution in [0, 0.1) is 0 Å². The van der Waals surface area contributed by atoms with Gasteiger partial charge in [-0.2, -0.15) is 0 Å². The molecule has 2 aromatic rings. The summed E-state index contributed by atoms with van der Waals surface area (Å²) >= 11 is 18.9. The molecule has 0 saturated heterocycles. The van der Waals surface area contributed by atoms with Crippen molar-refractivity contribution in [2.75, 3.05) is 0 Å². The van der Waals surface area contributed by atoms with Crippen LogP contribution in [0.2, 0.25) is 9.36 Å². The average Bonchev–Trinajstić information content (AvgIpc) is 2.69. The lowest BCUT2D eigenvalue weighted by Crippen LogP contribution is -2.30. The van der Waals surface area contributed by atoms with E-state index in [0.717, 1.165) is 11.3 Å². The fourth-order valence-electron chi connectivity index (χ4n) is 1.36. The average molecular weight is 494 g/mol. The number of halogens is 4. The van der Waals surface area contributed by atoms with Gasteiger partial charge in [0.25, 0.3) is 15.9 Å². The van der Waals surface area contributed by atoms with Gasteiger partial charge in [0.05, 0.1) is 10.6 Å². The molecule has 2 rings (SSSR count). The lowest BCUT2D eigenvalue weighted by molar-refractivity contribution is 0.0981. The van der Waals surface area contributed by atoms with Gasteiger partial charge in [-0.05, 0) is 40.2 Å². The Balaban J connectivity index is 2.30. The number of thiophene rings is 1. The lowest BCUT2D eigenvalue weighted by Gasteiger charge is -2.06. The maximum atomic E-state index is 12.1. The van der Waals surface area contributed by atoms with Crippen molar-refractivity contribution < 1.29 is 13.2 Å². The molecule has 10 heteroatoms. The molecule has 112 valence electrons. The number of hydrogen-bond donors (Lipinski definition) is 1. The van der Waals surface area contributed by atoms with Gasteiger partial charge in [-0.25, -0.2) is 13.1 Å². The molecule has 1 heterocycles. The number of sulfonamides is 1. The molecular weight excluding hydrogens is 489 g/mol. The van der Waals surface area contributed by atoms with Crippen molar-refractivity contribution in [2.45, 2.75) is 4.21 Å². The summed E-state index contributed by atoms with van der Waals surface area (Å²) in [6, 6.07) is 5.84. The summed E-state index contributed by atoms with van der Waals surface area (Å²) in [6.45, 7) is 0. The second kappa shape index (κ2) is 6.55. The van der Waals surface area contributed by atoms with E-state index in [-0.39, 0.29) is 19.1 Å². The highest BCUT2D eigenvalue weighted by molar-refractivity contribution is 9.10. The van der Waals surface area contributed by atoms with E-state index in [1.165, 1.54) is 18.2 Å². The number of hydrogen-bond acceptors (Lipinski definition) is 4. The van der Waals surface area contributed by atoms with Crippen LogP contribution in [0.5, 0.6) is 0 Å². The van der Waals surface area contributed by atoms with Crippen molar-refractivity contribution in [1.82, 2.24) is 4.72 Å². The molecule has 0 atom stereocenters. The predicted octanol–water partition coefficient (Wildman–Crippen LogP) is 4.70. The van der Waals surface area contributed by atoms with E-state index < -0.39 is 15.9 Å². The number of nitrogens with one attached hydrogen (secondary N) is 1. The van der Waals surface area contributed by atoms with Crippen molar-refractivity contribution >= 4 is 82.3 Å². The number of benzene rings is 1. The van der Waals surface area contributed by atoms with E-state index in [2.05, 4.69) is 31.9 Å². The highest BCUT2D eigenvalue weighted by atomic mass is 79.9. The van der Waals surface area contributed by atoms with Gasteiger partial charge in [0.2, 0.25) is 0 Å². The lowest BCUT2D eigenvalue weighted by atomic mass is 10.2. The Morgan fingerprint density at radius 3 is 2.38 bits per heavy atom. The smallest absolute Gasteiger partial charge is 0.268 e. The van der Waals surface area contributed by atoms with Crippen molar-refractivity contribution in [3.05, 3.63) is 48.1 Å². The molecular formula is C11H5Br2Cl2NO3S2. The summed E-state index contributed by atoms with van der Waals surface area (Å²) < 4.78 is 27.5. The molecule has 0 radical (unpaired) electrons. The van der Waals surface area contributed by atoms with Gasteiger partial charge >= 0.3 is 0 Å². The molecule has 1 aromatic heterocycles.